The van der Waals surface area contributed by atoms with Crippen LogP contribution in [0.3, 0.4) is 0 Å². The third kappa shape index (κ3) is 5.85. The number of carbonyl (C=O) groups is 3. The third-order valence-corrected chi connectivity index (χ3v) is 6.26. The Balaban J connectivity index is 1.31. The molecule has 3 amide bonds. The molecule has 9 heteroatoms. The van der Waals surface area contributed by atoms with Crippen molar-refractivity contribution in [3.8, 4) is 5.75 Å². The summed E-state index contributed by atoms with van der Waals surface area (Å²) in [5.74, 6) is -0.0452. The minimum Gasteiger partial charge on any atom is -0.497 e. The lowest BCUT2D eigenvalue weighted by Gasteiger charge is -2.39. The minimum atomic E-state index is -0.815. The van der Waals surface area contributed by atoms with E-state index in [1.807, 2.05) is 18.2 Å². The molecule has 2 aromatic rings. The molecule has 0 aliphatic carbocycles. The lowest BCUT2D eigenvalue weighted by atomic mass is 10.1. The van der Waals surface area contributed by atoms with E-state index in [0.717, 1.165) is 26.2 Å². The maximum Gasteiger partial charge on any atom is 0.243 e. The number of hydrogen-bond donors (Lipinski definition) is 2. The summed E-state index contributed by atoms with van der Waals surface area (Å²) in [4.78, 5) is 44.3. The van der Waals surface area contributed by atoms with Crippen molar-refractivity contribution in [1.82, 2.24) is 15.1 Å². The Kier molecular flexibility index (Phi) is 7.64. The maximum atomic E-state index is 13.1. The largest absolute Gasteiger partial charge is 0.497 e. The predicted octanol–water partition coefficient (Wildman–Crippen LogP) is 1.17. The lowest BCUT2D eigenvalue weighted by molar-refractivity contribution is -0.145. The first kappa shape index (κ1) is 23.6. The summed E-state index contributed by atoms with van der Waals surface area (Å²) in [5, 5.41) is 5.57. The number of ether oxygens (including phenoxy) is 1. The topological polar surface area (TPSA) is 94.2 Å². The summed E-state index contributed by atoms with van der Waals surface area (Å²) in [6.45, 7) is 4.24. The third-order valence-electron chi connectivity index (χ3n) is 6.26. The van der Waals surface area contributed by atoms with E-state index in [1.165, 1.54) is 5.69 Å². The fraction of sp³-hybridized carbons (Fsp3) is 0.400. The van der Waals surface area contributed by atoms with Crippen molar-refractivity contribution >= 4 is 29.1 Å². The second-order valence-electron chi connectivity index (χ2n) is 8.47. The summed E-state index contributed by atoms with van der Waals surface area (Å²) >= 11 is 0. The molecule has 0 bridgehead atoms. The van der Waals surface area contributed by atoms with Gasteiger partial charge in [-0.3, -0.25) is 19.3 Å². The van der Waals surface area contributed by atoms with Gasteiger partial charge in [-0.05, 0) is 36.4 Å². The van der Waals surface area contributed by atoms with Crippen molar-refractivity contribution in [3.05, 3.63) is 54.6 Å². The number of anilines is 2. The number of piperazine rings is 2. The second-order valence-corrected chi connectivity index (χ2v) is 8.47. The minimum absolute atomic E-state index is 0.0919. The van der Waals surface area contributed by atoms with Crippen molar-refractivity contribution in [3.63, 3.8) is 0 Å². The second kappa shape index (κ2) is 11.0. The number of carbonyl (C=O) groups excluding carboxylic acids is 3. The van der Waals surface area contributed by atoms with Crippen molar-refractivity contribution in [2.24, 2.45) is 0 Å². The van der Waals surface area contributed by atoms with Crippen LogP contribution in [0.2, 0.25) is 0 Å². The number of para-hydroxylation sites is 1. The van der Waals surface area contributed by atoms with Crippen molar-refractivity contribution in [1.29, 1.82) is 0 Å². The molecule has 0 aromatic heterocycles. The molecular formula is C25H31N5O4. The summed E-state index contributed by atoms with van der Waals surface area (Å²) in [5.41, 5.74) is 1.79. The van der Waals surface area contributed by atoms with Gasteiger partial charge in [0, 0.05) is 50.6 Å². The standard InChI is InChI=1S/C25H31N5O4/c1-34-21-9-7-19(8-10-21)27-23(31)17-22-25(33)26-11-12-30(22)24(32)18-28-13-15-29(16-14-28)20-5-3-2-4-6-20/h2-10,22H,11-18H2,1H3,(H,26,33)(H,27,31)/t22-/m0/s1. The van der Waals surface area contributed by atoms with Crippen LogP contribution in [0.15, 0.2) is 54.6 Å². The zero-order chi connectivity index (χ0) is 23.9. The molecule has 2 aromatic carbocycles. The van der Waals surface area contributed by atoms with E-state index < -0.39 is 6.04 Å². The number of benzene rings is 2. The van der Waals surface area contributed by atoms with Gasteiger partial charge in [0.1, 0.15) is 11.8 Å². The Labute approximate surface area is 199 Å². The quantitative estimate of drug-likeness (QED) is 0.638. The highest BCUT2D eigenvalue weighted by atomic mass is 16.5. The molecular weight excluding hydrogens is 434 g/mol. The van der Waals surface area contributed by atoms with E-state index in [2.05, 4.69) is 32.6 Å². The Morgan fingerprint density at radius 1 is 1.00 bits per heavy atom. The summed E-state index contributed by atoms with van der Waals surface area (Å²) in [7, 11) is 1.57. The molecule has 34 heavy (non-hydrogen) atoms. The van der Waals surface area contributed by atoms with Crippen LogP contribution >= 0.6 is 0 Å². The molecule has 9 nitrogen and oxygen atoms in total. The highest BCUT2D eigenvalue weighted by molar-refractivity contribution is 5.97. The van der Waals surface area contributed by atoms with Gasteiger partial charge in [-0.25, -0.2) is 0 Å². The van der Waals surface area contributed by atoms with Crippen LogP contribution in [-0.2, 0) is 14.4 Å². The number of amides is 3. The molecule has 2 heterocycles. The number of rotatable bonds is 7. The van der Waals surface area contributed by atoms with Gasteiger partial charge >= 0.3 is 0 Å². The SMILES string of the molecule is COc1ccc(NC(=O)C[C@H]2C(=O)NCCN2C(=O)CN2CCN(c3ccccc3)CC2)cc1. The van der Waals surface area contributed by atoms with Gasteiger partial charge in [0.25, 0.3) is 0 Å². The van der Waals surface area contributed by atoms with E-state index in [-0.39, 0.29) is 30.7 Å². The van der Waals surface area contributed by atoms with Crippen molar-refractivity contribution < 1.29 is 19.1 Å². The average molecular weight is 466 g/mol. The molecule has 0 spiro atoms. The van der Waals surface area contributed by atoms with E-state index >= 15 is 0 Å². The van der Waals surface area contributed by atoms with Gasteiger partial charge in [0.05, 0.1) is 20.1 Å². The molecule has 2 aliphatic rings. The number of nitrogens with zero attached hydrogens (tertiary/aromatic N) is 3. The molecule has 0 radical (unpaired) electrons. The van der Waals surface area contributed by atoms with E-state index in [1.54, 1.807) is 36.3 Å². The summed E-state index contributed by atoms with van der Waals surface area (Å²) in [6.07, 6.45) is -0.0919. The average Bonchev–Trinajstić information content (AvgIpc) is 2.86. The lowest BCUT2D eigenvalue weighted by Crippen LogP contribution is -2.60. The van der Waals surface area contributed by atoms with Crippen LogP contribution in [0, 0.1) is 0 Å². The Hall–Kier alpha value is -3.59. The zero-order valence-electron chi connectivity index (χ0n) is 19.4. The molecule has 0 unspecified atom stereocenters. The number of nitrogens with one attached hydrogen (secondary N) is 2. The van der Waals surface area contributed by atoms with Crippen LogP contribution in [-0.4, -0.2) is 86.5 Å². The normalized spacial score (nSPS) is 18.9. The molecule has 2 saturated heterocycles. The van der Waals surface area contributed by atoms with Crippen molar-refractivity contribution in [2.45, 2.75) is 12.5 Å². The fourth-order valence-electron chi connectivity index (χ4n) is 4.36. The summed E-state index contributed by atoms with van der Waals surface area (Å²) < 4.78 is 5.12. The van der Waals surface area contributed by atoms with E-state index in [9.17, 15) is 14.4 Å². The van der Waals surface area contributed by atoms with Gasteiger partial charge in [-0.2, -0.15) is 0 Å². The highest BCUT2D eigenvalue weighted by Gasteiger charge is 2.35. The van der Waals surface area contributed by atoms with Crippen LogP contribution < -0.4 is 20.3 Å². The molecule has 1 atom stereocenters. The summed E-state index contributed by atoms with van der Waals surface area (Å²) in [6, 6.07) is 16.4. The van der Waals surface area contributed by atoms with Gasteiger partial charge < -0.3 is 25.2 Å². The molecule has 2 aliphatic heterocycles. The van der Waals surface area contributed by atoms with Gasteiger partial charge in [0.15, 0.2) is 0 Å². The maximum absolute atomic E-state index is 13.1. The van der Waals surface area contributed by atoms with Crippen LogP contribution in [0.4, 0.5) is 11.4 Å². The Morgan fingerprint density at radius 2 is 1.71 bits per heavy atom. The monoisotopic (exact) mass is 465 g/mol. The number of hydrogen-bond acceptors (Lipinski definition) is 6. The van der Waals surface area contributed by atoms with Crippen LogP contribution in [0.25, 0.3) is 0 Å². The fourth-order valence-corrected chi connectivity index (χ4v) is 4.36. The molecule has 0 saturated carbocycles. The Bertz CT molecular complexity index is 990. The van der Waals surface area contributed by atoms with E-state index in [0.29, 0.717) is 24.5 Å². The van der Waals surface area contributed by atoms with Crippen LogP contribution in [0.5, 0.6) is 5.75 Å². The predicted molar refractivity (Wildman–Crippen MR) is 130 cm³/mol. The Morgan fingerprint density at radius 3 is 2.38 bits per heavy atom. The molecule has 2 N–H and O–H groups in total. The van der Waals surface area contributed by atoms with Crippen molar-refractivity contribution in [2.75, 3.05) is 63.1 Å². The molecule has 180 valence electrons. The van der Waals surface area contributed by atoms with Gasteiger partial charge in [-0.15, -0.1) is 0 Å². The molecule has 2 fully saturated rings. The first-order valence-electron chi connectivity index (χ1n) is 11.6. The van der Waals surface area contributed by atoms with Gasteiger partial charge in [-0.1, -0.05) is 18.2 Å². The number of methoxy groups -OCH3 is 1. The smallest absolute Gasteiger partial charge is 0.243 e. The van der Waals surface area contributed by atoms with E-state index in [4.69, 9.17) is 4.74 Å². The van der Waals surface area contributed by atoms with Gasteiger partial charge in [0.2, 0.25) is 17.7 Å². The first-order chi connectivity index (χ1) is 16.5. The van der Waals surface area contributed by atoms with Crippen LogP contribution in [0.1, 0.15) is 6.42 Å². The zero-order valence-corrected chi connectivity index (χ0v) is 19.4. The first-order valence-corrected chi connectivity index (χ1v) is 11.6. The highest BCUT2D eigenvalue weighted by Crippen LogP contribution is 2.18. The molecule has 4 rings (SSSR count).